The molecule has 2 N–H and O–H groups in total. The predicted octanol–water partition coefficient (Wildman–Crippen LogP) is 2.32. The normalized spacial score (nSPS) is 10.1. The van der Waals surface area contributed by atoms with E-state index in [9.17, 15) is 25.0 Å². The smallest absolute Gasteiger partial charge is 0.292 e. The van der Waals surface area contributed by atoms with Crippen LogP contribution in [-0.4, -0.2) is 15.6 Å². The average molecular weight is 287 g/mol. The van der Waals surface area contributed by atoms with Crippen molar-refractivity contribution in [1.29, 1.82) is 0 Å². The zero-order chi connectivity index (χ0) is 15.6. The van der Waals surface area contributed by atoms with Gasteiger partial charge >= 0.3 is 0 Å². The number of hydrogen-bond acceptors (Lipinski definition) is 6. The number of non-ortho nitro benzene ring substituents is 1. The number of benzene rings is 2. The van der Waals surface area contributed by atoms with Crippen LogP contribution in [0.1, 0.15) is 15.9 Å². The van der Waals surface area contributed by atoms with E-state index in [2.05, 4.69) is 0 Å². The van der Waals surface area contributed by atoms with Gasteiger partial charge in [-0.15, -0.1) is 0 Å². The monoisotopic (exact) mass is 287 g/mol. The van der Waals surface area contributed by atoms with Gasteiger partial charge in [-0.1, -0.05) is 12.1 Å². The summed E-state index contributed by atoms with van der Waals surface area (Å²) >= 11 is 0. The molecule has 106 valence electrons. The molecule has 2 aromatic carbocycles. The predicted molar refractivity (Wildman–Crippen MR) is 74.0 cm³/mol. The molecule has 2 rings (SSSR count). The van der Waals surface area contributed by atoms with E-state index in [1.54, 1.807) is 0 Å². The SMILES string of the molecule is Nc1ccc(C(=O)c2cccc([N+](=O)[O-])c2)cc1[N+](=O)[O-]. The molecule has 0 atom stereocenters. The topological polar surface area (TPSA) is 129 Å². The first-order valence-corrected chi connectivity index (χ1v) is 5.73. The van der Waals surface area contributed by atoms with Crippen molar-refractivity contribution in [2.45, 2.75) is 0 Å². The first kappa shape index (κ1) is 14.1. The lowest BCUT2D eigenvalue weighted by Crippen LogP contribution is -2.04. The van der Waals surface area contributed by atoms with E-state index in [1.165, 1.54) is 30.3 Å². The second-order valence-electron chi connectivity index (χ2n) is 4.17. The molecule has 0 bridgehead atoms. The summed E-state index contributed by atoms with van der Waals surface area (Å²) in [4.78, 5) is 32.4. The Morgan fingerprint density at radius 1 is 0.952 bits per heavy atom. The maximum atomic E-state index is 12.2. The molecule has 8 nitrogen and oxygen atoms in total. The van der Waals surface area contributed by atoms with Crippen molar-refractivity contribution in [3.05, 3.63) is 73.8 Å². The van der Waals surface area contributed by atoms with Crippen molar-refractivity contribution in [3.8, 4) is 0 Å². The van der Waals surface area contributed by atoms with Crippen molar-refractivity contribution in [3.63, 3.8) is 0 Å². The lowest BCUT2D eigenvalue weighted by atomic mass is 10.0. The minimum absolute atomic E-state index is 0.0383. The number of hydrogen-bond donors (Lipinski definition) is 1. The molecule has 0 spiro atoms. The van der Waals surface area contributed by atoms with E-state index in [1.807, 2.05) is 0 Å². The summed E-state index contributed by atoms with van der Waals surface area (Å²) in [5, 5.41) is 21.5. The number of anilines is 1. The number of nitrogens with two attached hydrogens (primary N) is 1. The fraction of sp³-hybridized carbons (Fsp3) is 0. The molecule has 0 radical (unpaired) electrons. The highest BCUT2D eigenvalue weighted by atomic mass is 16.6. The number of ketones is 1. The minimum atomic E-state index is -0.695. The summed E-state index contributed by atoms with van der Waals surface area (Å²) in [6, 6.07) is 8.78. The van der Waals surface area contributed by atoms with E-state index < -0.39 is 15.6 Å². The Balaban J connectivity index is 2.45. The van der Waals surface area contributed by atoms with Gasteiger partial charge in [-0.3, -0.25) is 25.0 Å². The van der Waals surface area contributed by atoms with Crippen LogP contribution in [0.15, 0.2) is 42.5 Å². The molecule has 0 aliphatic carbocycles. The van der Waals surface area contributed by atoms with Gasteiger partial charge in [-0.2, -0.15) is 0 Å². The lowest BCUT2D eigenvalue weighted by Gasteiger charge is -2.03. The molecule has 0 aliphatic rings. The quantitative estimate of drug-likeness (QED) is 0.397. The van der Waals surface area contributed by atoms with E-state index in [-0.39, 0.29) is 28.2 Å². The summed E-state index contributed by atoms with van der Waals surface area (Å²) in [5.41, 5.74) is 4.89. The van der Waals surface area contributed by atoms with Gasteiger partial charge in [0.15, 0.2) is 5.78 Å². The lowest BCUT2D eigenvalue weighted by molar-refractivity contribution is -0.384. The van der Waals surface area contributed by atoms with Crippen molar-refractivity contribution < 1.29 is 14.6 Å². The Hall–Kier alpha value is -3.29. The Kier molecular flexibility index (Phi) is 3.61. The van der Waals surface area contributed by atoms with Crippen molar-refractivity contribution in [1.82, 2.24) is 0 Å². The van der Waals surface area contributed by atoms with E-state index in [0.29, 0.717) is 0 Å². The number of nitrogen functional groups attached to an aromatic ring is 1. The molecule has 2 aromatic rings. The highest BCUT2D eigenvalue weighted by molar-refractivity contribution is 6.09. The zero-order valence-electron chi connectivity index (χ0n) is 10.6. The maximum absolute atomic E-state index is 12.2. The summed E-state index contributed by atoms with van der Waals surface area (Å²) in [6.45, 7) is 0. The van der Waals surface area contributed by atoms with Crippen LogP contribution in [0.2, 0.25) is 0 Å². The van der Waals surface area contributed by atoms with Crippen LogP contribution in [0.25, 0.3) is 0 Å². The summed E-state index contributed by atoms with van der Waals surface area (Å²) in [6.07, 6.45) is 0. The third kappa shape index (κ3) is 2.84. The Morgan fingerprint density at radius 2 is 1.62 bits per heavy atom. The van der Waals surface area contributed by atoms with E-state index in [4.69, 9.17) is 5.73 Å². The fourth-order valence-electron chi connectivity index (χ4n) is 1.77. The van der Waals surface area contributed by atoms with Crippen molar-refractivity contribution in [2.75, 3.05) is 5.73 Å². The zero-order valence-corrected chi connectivity index (χ0v) is 10.6. The number of nitro groups is 2. The highest BCUT2D eigenvalue weighted by Gasteiger charge is 2.18. The van der Waals surface area contributed by atoms with Gasteiger partial charge in [0.25, 0.3) is 11.4 Å². The van der Waals surface area contributed by atoms with Gasteiger partial charge in [0, 0.05) is 29.3 Å². The summed E-state index contributed by atoms with van der Waals surface area (Å²) < 4.78 is 0. The van der Waals surface area contributed by atoms with Crippen LogP contribution >= 0.6 is 0 Å². The van der Waals surface area contributed by atoms with Gasteiger partial charge in [-0.05, 0) is 12.1 Å². The van der Waals surface area contributed by atoms with Gasteiger partial charge < -0.3 is 5.73 Å². The summed E-state index contributed by atoms with van der Waals surface area (Å²) in [7, 11) is 0. The van der Waals surface area contributed by atoms with Crippen molar-refractivity contribution >= 4 is 22.8 Å². The van der Waals surface area contributed by atoms with Crippen LogP contribution in [0, 0.1) is 20.2 Å². The van der Waals surface area contributed by atoms with Gasteiger partial charge in [0.05, 0.1) is 9.85 Å². The van der Waals surface area contributed by atoms with E-state index in [0.717, 1.165) is 12.1 Å². The van der Waals surface area contributed by atoms with Crippen LogP contribution in [0.4, 0.5) is 17.1 Å². The third-order valence-corrected chi connectivity index (χ3v) is 2.81. The van der Waals surface area contributed by atoms with Crippen molar-refractivity contribution in [2.24, 2.45) is 0 Å². The largest absolute Gasteiger partial charge is 0.393 e. The molecular weight excluding hydrogens is 278 g/mol. The Labute approximate surface area is 118 Å². The van der Waals surface area contributed by atoms with Crippen LogP contribution < -0.4 is 5.73 Å². The number of carbonyl (C=O) groups is 1. The molecule has 0 heterocycles. The first-order valence-electron chi connectivity index (χ1n) is 5.73. The molecule has 0 fully saturated rings. The number of nitrogens with zero attached hydrogens (tertiary/aromatic N) is 2. The molecule has 0 saturated carbocycles. The molecular formula is C13H9N3O5. The third-order valence-electron chi connectivity index (χ3n) is 2.81. The van der Waals surface area contributed by atoms with Crippen LogP contribution in [0.5, 0.6) is 0 Å². The van der Waals surface area contributed by atoms with Gasteiger partial charge in [0.2, 0.25) is 0 Å². The number of carbonyl (C=O) groups excluding carboxylic acids is 1. The molecule has 0 aliphatic heterocycles. The highest BCUT2D eigenvalue weighted by Crippen LogP contribution is 2.24. The van der Waals surface area contributed by atoms with Crippen LogP contribution in [-0.2, 0) is 0 Å². The fourth-order valence-corrected chi connectivity index (χ4v) is 1.77. The second-order valence-corrected chi connectivity index (χ2v) is 4.17. The summed E-state index contributed by atoms with van der Waals surface area (Å²) in [5.74, 6) is -0.554. The second kappa shape index (κ2) is 5.37. The molecule has 0 saturated heterocycles. The maximum Gasteiger partial charge on any atom is 0.292 e. The number of nitro benzene ring substituents is 2. The van der Waals surface area contributed by atoms with Crippen LogP contribution in [0.3, 0.4) is 0 Å². The standard InChI is InChI=1S/C13H9N3O5/c14-11-5-4-9(7-12(11)16(20)21)13(17)8-2-1-3-10(6-8)15(18)19/h1-7H,14H2. The molecule has 8 heteroatoms. The Bertz CT molecular complexity index is 757. The molecule has 0 unspecified atom stereocenters. The number of rotatable bonds is 4. The molecule has 0 aromatic heterocycles. The minimum Gasteiger partial charge on any atom is -0.393 e. The average Bonchev–Trinajstić information content (AvgIpc) is 2.46. The van der Waals surface area contributed by atoms with E-state index >= 15 is 0 Å². The molecule has 21 heavy (non-hydrogen) atoms. The first-order chi connectivity index (χ1) is 9.90. The van der Waals surface area contributed by atoms with Gasteiger partial charge in [0.1, 0.15) is 5.69 Å². The Morgan fingerprint density at radius 3 is 2.24 bits per heavy atom. The molecule has 0 amide bonds. The van der Waals surface area contributed by atoms with Gasteiger partial charge in [-0.25, -0.2) is 0 Å².